The SMILES string of the molecule is CC(C(=O)Nc1ccccc1Br)N(C)CCC(=O)O. The molecule has 0 heterocycles. The Morgan fingerprint density at radius 3 is 2.63 bits per heavy atom. The number of aliphatic carboxylic acids is 1. The Hall–Kier alpha value is -1.40. The summed E-state index contributed by atoms with van der Waals surface area (Å²) >= 11 is 3.35. The number of carboxylic acid groups (broad SMARTS) is 1. The zero-order valence-electron chi connectivity index (χ0n) is 10.9. The summed E-state index contributed by atoms with van der Waals surface area (Å²) in [4.78, 5) is 24.2. The Labute approximate surface area is 120 Å². The summed E-state index contributed by atoms with van der Waals surface area (Å²) in [7, 11) is 1.73. The summed E-state index contributed by atoms with van der Waals surface area (Å²) in [5.41, 5.74) is 0.700. The summed E-state index contributed by atoms with van der Waals surface area (Å²) in [6.45, 7) is 2.08. The predicted molar refractivity (Wildman–Crippen MR) is 77.1 cm³/mol. The predicted octanol–water partition coefficient (Wildman–Crippen LogP) is 2.18. The number of nitrogens with one attached hydrogen (secondary N) is 1. The van der Waals surface area contributed by atoms with Crippen LogP contribution in [-0.4, -0.2) is 41.5 Å². The minimum Gasteiger partial charge on any atom is -0.481 e. The lowest BCUT2D eigenvalue weighted by atomic mass is 10.2. The van der Waals surface area contributed by atoms with Gasteiger partial charge in [-0.1, -0.05) is 12.1 Å². The first kappa shape index (κ1) is 15.7. The molecule has 0 saturated carbocycles. The van der Waals surface area contributed by atoms with Gasteiger partial charge in [0.2, 0.25) is 5.91 Å². The molecule has 0 spiro atoms. The Bertz CT molecular complexity index is 465. The van der Waals surface area contributed by atoms with E-state index in [4.69, 9.17) is 5.11 Å². The van der Waals surface area contributed by atoms with E-state index in [1.54, 1.807) is 24.9 Å². The van der Waals surface area contributed by atoms with Gasteiger partial charge in [-0.15, -0.1) is 0 Å². The molecule has 19 heavy (non-hydrogen) atoms. The normalized spacial score (nSPS) is 12.2. The van der Waals surface area contributed by atoms with Gasteiger partial charge in [0, 0.05) is 11.0 Å². The highest BCUT2D eigenvalue weighted by Gasteiger charge is 2.19. The van der Waals surface area contributed by atoms with E-state index in [2.05, 4.69) is 21.2 Å². The Balaban J connectivity index is 2.57. The van der Waals surface area contributed by atoms with Crippen molar-refractivity contribution in [2.45, 2.75) is 19.4 Å². The number of halogens is 1. The summed E-state index contributed by atoms with van der Waals surface area (Å²) < 4.78 is 0.809. The molecule has 0 aliphatic carbocycles. The van der Waals surface area contributed by atoms with Crippen molar-refractivity contribution >= 4 is 33.5 Å². The van der Waals surface area contributed by atoms with E-state index in [1.165, 1.54) is 0 Å². The van der Waals surface area contributed by atoms with Gasteiger partial charge in [-0.2, -0.15) is 0 Å². The third-order valence-corrected chi connectivity index (χ3v) is 3.54. The molecule has 0 aliphatic rings. The van der Waals surface area contributed by atoms with Crippen LogP contribution >= 0.6 is 15.9 Å². The molecular formula is C13H17BrN2O3. The van der Waals surface area contributed by atoms with Crippen LogP contribution in [0.3, 0.4) is 0 Å². The lowest BCUT2D eigenvalue weighted by molar-refractivity contribution is -0.137. The van der Waals surface area contributed by atoms with Crippen molar-refractivity contribution in [2.24, 2.45) is 0 Å². The van der Waals surface area contributed by atoms with Crippen LogP contribution in [0, 0.1) is 0 Å². The molecule has 0 bridgehead atoms. The van der Waals surface area contributed by atoms with Crippen LogP contribution in [0.5, 0.6) is 0 Å². The molecule has 1 amide bonds. The summed E-state index contributed by atoms with van der Waals surface area (Å²) in [6.07, 6.45) is 0.0170. The second-order valence-corrected chi connectivity index (χ2v) is 5.12. The number of benzene rings is 1. The van der Waals surface area contributed by atoms with Crippen molar-refractivity contribution < 1.29 is 14.7 Å². The summed E-state index contributed by atoms with van der Waals surface area (Å²) in [5, 5.41) is 11.4. The van der Waals surface area contributed by atoms with Crippen LogP contribution in [-0.2, 0) is 9.59 Å². The van der Waals surface area contributed by atoms with Crippen molar-refractivity contribution in [3.05, 3.63) is 28.7 Å². The first-order valence-corrected chi connectivity index (χ1v) is 6.68. The average molecular weight is 329 g/mol. The molecule has 0 saturated heterocycles. The topological polar surface area (TPSA) is 69.6 Å². The van der Waals surface area contributed by atoms with Crippen molar-refractivity contribution in [3.8, 4) is 0 Å². The molecular weight excluding hydrogens is 312 g/mol. The molecule has 5 nitrogen and oxygen atoms in total. The smallest absolute Gasteiger partial charge is 0.304 e. The molecule has 1 aromatic carbocycles. The van der Waals surface area contributed by atoms with Crippen LogP contribution in [0.4, 0.5) is 5.69 Å². The van der Waals surface area contributed by atoms with Gasteiger partial charge in [-0.05, 0) is 42.0 Å². The minimum absolute atomic E-state index is 0.0170. The number of carbonyl (C=O) groups is 2. The van der Waals surface area contributed by atoms with E-state index in [9.17, 15) is 9.59 Å². The highest BCUT2D eigenvalue weighted by Crippen LogP contribution is 2.21. The highest BCUT2D eigenvalue weighted by atomic mass is 79.9. The van der Waals surface area contributed by atoms with Crippen molar-refractivity contribution in [2.75, 3.05) is 18.9 Å². The molecule has 104 valence electrons. The first-order valence-electron chi connectivity index (χ1n) is 5.89. The second-order valence-electron chi connectivity index (χ2n) is 4.27. The van der Waals surface area contributed by atoms with E-state index < -0.39 is 12.0 Å². The third kappa shape index (κ3) is 5.00. The van der Waals surface area contributed by atoms with Crippen molar-refractivity contribution in [3.63, 3.8) is 0 Å². The van der Waals surface area contributed by atoms with Crippen LogP contribution in [0.15, 0.2) is 28.7 Å². The number of amides is 1. The van der Waals surface area contributed by atoms with Gasteiger partial charge in [-0.3, -0.25) is 14.5 Å². The number of anilines is 1. The van der Waals surface area contributed by atoms with E-state index >= 15 is 0 Å². The lowest BCUT2D eigenvalue weighted by Gasteiger charge is -2.23. The largest absolute Gasteiger partial charge is 0.481 e. The molecule has 1 rings (SSSR count). The molecule has 2 N–H and O–H groups in total. The van der Waals surface area contributed by atoms with Crippen LogP contribution in [0.2, 0.25) is 0 Å². The Kier molecular flexibility index (Phi) is 5.98. The van der Waals surface area contributed by atoms with Crippen molar-refractivity contribution in [1.82, 2.24) is 4.90 Å². The third-order valence-electron chi connectivity index (χ3n) is 2.85. The minimum atomic E-state index is -0.870. The second kappa shape index (κ2) is 7.25. The van der Waals surface area contributed by atoms with E-state index in [0.717, 1.165) is 4.47 Å². The molecule has 1 aromatic rings. The molecule has 1 unspecified atom stereocenters. The molecule has 1 atom stereocenters. The van der Waals surface area contributed by atoms with E-state index in [-0.39, 0.29) is 12.3 Å². The first-order chi connectivity index (χ1) is 8.91. The van der Waals surface area contributed by atoms with Gasteiger partial charge >= 0.3 is 5.97 Å². The Morgan fingerprint density at radius 1 is 1.42 bits per heavy atom. The molecule has 0 aromatic heterocycles. The van der Waals surface area contributed by atoms with Gasteiger partial charge in [0.25, 0.3) is 0 Å². The van der Waals surface area contributed by atoms with Gasteiger partial charge in [0.1, 0.15) is 0 Å². The number of carbonyl (C=O) groups excluding carboxylic acids is 1. The maximum absolute atomic E-state index is 12.0. The van der Waals surface area contributed by atoms with Gasteiger partial charge in [0.15, 0.2) is 0 Å². The number of hydrogen-bond donors (Lipinski definition) is 2. The van der Waals surface area contributed by atoms with Gasteiger partial charge in [0.05, 0.1) is 18.2 Å². The monoisotopic (exact) mass is 328 g/mol. The number of likely N-dealkylation sites (N-methyl/N-ethyl adjacent to an activating group) is 1. The van der Waals surface area contributed by atoms with Gasteiger partial charge < -0.3 is 10.4 Å². The maximum atomic E-state index is 12.0. The fourth-order valence-corrected chi connectivity index (χ4v) is 1.85. The van der Waals surface area contributed by atoms with E-state index in [1.807, 2.05) is 18.2 Å². The molecule has 6 heteroatoms. The zero-order chi connectivity index (χ0) is 14.4. The number of carboxylic acids is 1. The lowest BCUT2D eigenvalue weighted by Crippen LogP contribution is -2.40. The van der Waals surface area contributed by atoms with Crippen LogP contribution < -0.4 is 5.32 Å². The van der Waals surface area contributed by atoms with Gasteiger partial charge in [-0.25, -0.2) is 0 Å². The fourth-order valence-electron chi connectivity index (χ4n) is 1.47. The fraction of sp³-hybridized carbons (Fsp3) is 0.385. The number of nitrogens with zero attached hydrogens (tertiary/aromatic N) is 1. The highest BCUT2D eigenvalue weighted by molar-refractivity contribution is 9.10. The standard InChI is InChI=1S/C13H17BrN2O3/c1-9(16(2)8-7-12(17)18)13(19)15-11-6-4-3-5-10(11)14/h3-6,9H,7-8H2,1-2H3,(H,15,19)(H,17,18). The van der Waals surface area contributed by atoms with Crippen LogP contribution in [0.1, 0.15) is 13.3 Å². The number of rotatable bonds is 6. The quantitative estimate of drug-likeness (QED) is 0.839. The summed E-state index contributed by atoms with van der Waals surface area (Å²) in [5.74, 6) is -1.04. The molecule has 0 aliphatic heterocycles. The van der Waals surface area contributed by atoms with Crippen molar-refractivity contribution in [1.29, 1.82) is 0 Å². The van der Waals surface area contributed by atoms with Crippen LogP contribution in [0.25, 0.3) is 0 Å². The molecule has 0 radical (unpaired) electrons. The maximum Gasteiger partial charge on any atom is 0.304 e. The number of hydrogen-bond acceptors (Lipinski definition) is 3. The number of para-hydroxylation sites is 1. The Morgan fingerprint density at radius 2 is 2.05 bits per heavy atom. The molecule has 0 fully saturated rings. The average Bonchev–Trinajstić information content (AvgIpc) is 2.37. The van der Waals surface area contributed by atoms with E-state index in [0.29, 0.717) is 12.2 Å². The summed E-state index contributed by atoms with van der Waals surface area (Å²) in [6, 6.07) is 6.94. The zero-order valence-corrected chi connectivity index (χ0v) is 12.5.